The number of aryl methyl sites for hydroxylation is 2. The van der Waals surface area contributed by atoms with E-state index in [1.807, 2.05) is 4.90 Å². The topological polar surface area (TPSA) is 81.2 Å². The van der Waals surface area contributed by atoms with Crippen LogP contribution in [-0.4, -0.2) is 37.8 Å². The van der Waals surface area contributed by atoms with Crippen LogP contribution in [0.25, 0.3) is 0 Å². The Labute approximate surface area is 140 Å². The van der Waals surface area contributed by atoms with Gasteiger partial charge < -0.3 is 14.0 Å². The Bertz CT molecular complexity index is 762. The van der Waals surface area contributed by atoms with Crippen LogP contribution >= 0.6 is 0 Å². The smallest absolute Gasteiger partial charge is 0.271 e. The minimum absolute atomic E-state index is 0.0501. The van der Waals surface area contributed by atoms with Gasteiger partial charge in [-0.1, -0.05) is 18.0 Å². The van der Waals surface area contributed by atoms with Crippen molar-refractivity contribution in [3.8, 4) is 0 Å². The molecule has 0 spiro atoms. The summed E-state index contributed by atoms with van der Waals surface area (Å²) in [4.78, 5) is 30.8. The third-order valence-corrected chi connectivity index (χ3v) is 4.49. The van der Waals surface area contributed by atoms with Crippen molar-refractivity contribution in [3.63, 3.8) is 0 Å². The summed E-state index contributed by atoms with van der Waals surface area (Å²) in [6.45, 7) is 3.90. The molecule has 3 rings (SSSR count). The summed E-state index contributed by atoms with van der Waals surface area (Å²) >= 11 is 0. The van der Waals surface area contributed by atoms with Crippen LogP contribution in [0.2, 0.25) is 0 Å². The van der Waals surface area contributed by atoms with Crippen LogP contribution in [0, 0.1) is 6.92 Å². The zero-order valence-electron chi connectivity index (χ0n) is 14.3. The number of amides is 1. The SMILES string of the molecule is CC(=O)c1cc(C(=O)N2CCCCCC2c2noc(C)n2)n(C)c1. The molecule has 1 aliphatic rings. The highest BCUT2D eigenvalue weighted by molar-refractivity contribution is 5.99. The van der Waals surface area contributed by atoms with Gasteiger partial charge in [-0.2, -0.15) is 4.98 Å². The van der Waals surface area contributed by atoms with Crippen molar-refractivity contribution in [2.75, 3.05) is 6.54 Å². The zero-order chi connectivity index (χ0) is 17.3. The Morgan fingerprint density at radius 1 is 1.29 bits per heavy atom. The van der Waals surface area contributed by atoms with Gasteiger partial charge in [0, 0.05) is 32.3 Å². The Morgan fingerprint density at radius 3 is 2.71 bits per heavy atom. The molecule has 1 unspecified atom stereocenters. The quantitative estimate of drug-likeness (QED) is 0.808. The molecule has 2 aromatic heterocycles. The second-order valence-electron chi connectivity index (χ2n) is 6.32. The first-order chi connectivity index (χ1) is 11.5. The third-order valence-electron chi connectivity index (χ3n) is 4.49. The van der Waals surface area contributed by atoms with Gasteiger partial charge in [-0.05, 0) is 25.8 Å². The summed E-state index contributed by atoms with van der Waals surface area (Å²) in [6.07, 6.45) is 5.55. The van der Waals surface area contributed by atoms with Gasteiger partial charge in [-0.15, -0.1) is 0 Å². The van der Waals surface area contributed by atoms with E-state index in [9.17, 15) is 9.59 Å². The van der Waals surface area contributed by atoms with Crippen LogP contribution in [0.15, 0.2) is 16.8 Å². The van der Waals surface area contributed by atoms with Crippen molar-refractivity contribution in [1.29, 1.82) is 0 Å². The van der Waals surface area contributed by atoms with E-state index in [0.717, 1.165) is 25.7 Å². The molecule has 3 heterocycles. The molecule has 0 aliphatic carbocycles. The number of carbonyl (C=O) groups is 2. The highest BCUT2D eigenvalue weighted by atomic mass is 16.5. The second kappa shape index (κ2) is 6.59. The van der Waals surface area contributed by atoms with Gasteiger partial charge in [-0.3, -0.25) is 9.59 Å². The zero-order valence-corrected chi connectivity index (χ0v) is 14.3. The number of rotatable bonds is 3. The van der Waals surface area contributed by atoms with Crippen LogP contribution in [0.1, 0.15) is 71.2 Å². The van der Waals surface area contributed by atoms with Gasteiger partial charge in [0.2, 0.25) is 5.89 Å². The summed E-state index contributed by atoms with van der Waals surface area (Å²) in [6, 6.07) is 1.47. The molecule has 1 aliphatic heterocycles. The van der Waals surface area contributed by atoms with Crippen LogP contribution in [-0.2, 0) is 7.05 Å². The molecule has 1 saturated heterocycles. The van der Waals surface area contributed by atoms with E-state index >= 15 is 0 Å². The normalized spacial score (nSPS) is 18.5. The molecule has 0 aromatic carbocycles. The average molecular weight is 330 g/mol. The first-order valence-corrected chi connectivity index (χ1v) is 8.26. The summed E-state index contributed by atoms with van der Waals surface area (Å²) in [5, 5.41) is 4.02. The Hall–Kier alpha value is -2.44. The monoisotopic (exact) mass is 330 g/mol. The molecule has 0 saturated carbocycles. The van der Waals surface area contributed by atoms with Crippen molar-refractivity contribution in [3.05, 3.63) is 35.2 Å². The van der Waals surface area contributed by atoms with Crippen LogP contribution < -0.4 is 0 Å². The summed E-state index contributed by atoms with van der Waals surface area (Å²) in [7, 11) is 1.78. The molecular formula is C17H22N4O3. The molecule has 7 heteroatoms. The molecule has 1 amide bonds. The number of hydrogen-bond donors (Lipinski definition) is 0. The fourth-order valence-electron chi connectivity index (χ4n) is 3.19. The predicted octanol–water partition coefficient (Wildman–Crippen LogP) is 2.68. The fourth-order valence-corrected chi connectivity index (χ4v) is 3.19. The lowest BCUT2D eigenvalue weighted by atomic mass is 10.1. The van der Waals surface area contributed by atoms with E-state index < -0.39 is 0 Å². The number of hydrogen-bond acceptors (Lipinski definition) is 5. The highest BCUT2D eigenvalue weighted by Gasteiger charge is 2.32. The maximum Gasteiger partial charge on any atom is 0.271 e. The third kappa shape index (κ3) is 3.11. The second-order valence-corrected chi connectivity index (χ2v) is 6.32. The van der Waals surface area contributed by atoms with Gasteiger partial charge in [0.05, 0.1) is 6.04 Å². The number of ketones is 1. The number of carbonyl (C=O) groups excluding carboxylic acids is 2. The van der Waals surface area contributed by atoms with Gasteiger partial charge in [0.1, 0.15) is 5.69 Å². The van der Waals surface area contributed by atoms with E-state index in [0.29, 0.717) is 29.5 Å². The molecule has 0 bridgehead atoms. The van der Waals surface area contributed by atoms with E-state index in [-0.39, 0.29) is 17.7 Å². The Morgan fingerprint density at radius 2 is 2.08 bits per heavy atom. The van der Waals surface area contributed by atoms with Crippen molar-refractivity contribution in [1.82, 2.24) is 19.6 Å². The lowest BCUT2D eigenvalue weighted by Gasteiger charge is -2.27. The van der Waals surface area contributed by atoms with Crippen LogP contribution in [0.5, 0.6) is 0 Å². The number of Topliss-reactive ketones (excluding diaryl/α,β-unsaturated/α-hetero) is 1. The lowest BCUT2D eigenvalue weighted by molar-refractivity contribution is 0.0660. The highest BCUT2D eigenvalue weighted by Crippen LogP contribution is 2.30. The molecule has 24 heavy (non-hydrogen) atoms. The summed E-state index contributed by atoms with van der Waals surface area (Å²) in [5.41, 5.74) is 1.05. The van der Waals surface area contributed by atoms with E-state index in [2.05, 4.69) is 10.1 Å². The first-order valence-electron chi connectivity index (χ1n) is 8.26. The van der Waals surface area contributed by atoms with Gasteiger partial charge in [0.25, 0.3) is 5.91 Å². The van der Waals surface area contributed by atoms with Crippen molar-refractivity contribution >= 4 is 11.7 Å². The van der Waals surface area contributed by atoms with Crippen molar-refractivity contribution in [2.24, 2.45) is 7.05 Å². The van der Waals surface area contributed by atoms with Crippen LogP contribution in [0.3, 0.4) is 0 Å². The van der Waals surface area contributed by atoms with E-state index in [4.69, 9.17) is 4.52 Å². The number of aromatic nitrogens is 3. The van der Waals surface area contributed by atoms with Gasteiger partial charge in [0.15, 0.2) is 11.6 Å². The Balaban J connectivity index is 1.94. The molecule has 128 valence electrons. The Kier molecular flexibility index (Phi) is 4.51. The van der Waals surface area contributed by atoms with Crippen LogP contribution in [0.4, 0.5) is 0 Å². The van der Waals surface area contributed by atoms with Gasteiger partial charge >= 0.3 is 0 Å². The number of nitrogens with zero attached hydrogens (tertiary/aromatic N) is 4. The predicted molar refractivity (Wildman–Crippen MR) is 86.7 cm³/mol. The minimum atomic E-state index is -0.187. The summed E-state index contributed by atoms with van der Waals surface area (Å²) < 4.78 is 6.81. The van der Waals surface area contributed by atoms with E-state index in [1.54, 1.807) is 30.8 Å². The average Bonchev–Trinajstić information content (AvgIpc) is 3.05. The molecule has 7 nitrogen and oxygen atoms in total. The molecule has 0 N–H and O–H groups in total. The number of likely N-dealkylation sites (tertiary alicyclic amines) is 1. The molecule has 0 radical (unpaired) electrons. The fraction of sp³-hybridized carbons (Fsp3) is 0.529. The molecule has 1 fully saturated rings. The maximum absolute atomic E-state index is 13.1. The van der Waals surface area contributed by atoms with Gasteiger partial charge in [-0.25, -0.2) is 0 Å². The standard InChI is InChI=1S/C17H22N4O3/c1-11(22)13-9-15(20(3)10-13)17(23)21-8-6-4-5-7-14(21)16-18-12(2)24-19-16/h9-10,14H,4-8H2,1-3H3. The van der Waals surface area contributed by atoms with E-state index in [1.165, 1.54) is 6.92 Å². The molecular weight excluding hydrogens is 308 g/mol. The molecule has 1 atom stereocenters. The maximum atomic E-state index is 13.1. The van der Waals surface area contributed by atoms with Crippen molar-refractivity contribution < 1.29 is 14.1 Å². The molecule has 2 aromatic rings. The minimum Gasteiger partial charge on any atom is -0.346 e. The van der Waals surface area contributed by atoms with Crippen molar-refractivity contribution in [2.45, 2.75) is 45.6 Å². The first kappa shape index (κ1) is 16.4. The summed E-state index contributed by atoms with van der Waals surface area (Å²) in [5.74, 6) is 0.911. The lowest BCUT2D eigenvalue weighted by Crippen LogP contribution is -2.36. The largest absolute Gasteiger partial charge is 0.346 e.